The Morgan fingerprint density at radius 3 is 2.44 bits per heavy atom. The molecule has 1 aliphatic heterocycles. The molecule has 8 heteroatoms. The minimum atomic E-state index is -0.671. The third kappa shape index (κ3) is 3.78. The maximum absolute atomic E-state index is 13.0. The molecule has 8 nitrogen and oxygen atoms in total. The average Bonchev–Trinajstić information content (AvgIpc) is 3.27. The SMILES string of the molecule is C.COc1ccc(C(C(=O)N2CCCC2)n2cnc([N+](=O)[O-])c2)cc1. The predicted molar refractivity (Wildman–Crippen MR) is 92.6 cm³/mol. The van der Waals surface area contributed by atoms with Crippen LogP contribution >= 0.6 is 0 Å². The van der Waals surface area contributed by atoms with Crippen LogP contribution in [0.15, 0.2) is 36.8 Å². The minimum Gasteiger partial charge on any atom is -0.497 e. The Morgan fingerprint density at radius 2 is 1.92 bits per heavy atom. The molecule has 3 rings (SSSR count). The van der Waals surface area contributed by atoms with E-state index in [1.54, 1.807) is 36.3 Å². The molecule has 0 radical (unpaired) electrons. The Bertz CT molecular complexity index is 735. The van der Waals surface area contributed by atoms with Crippen molar-refractivity contribution in [3.05, 3.63) is 52.5 Å². The van der Waals surface area contributed by atoms with Crippen LogP contribution in [0.2, 0.25) is 0 Å². The number of likely N-dealkylation sites (tertiary alicyclic amines) is 1. The standard InChI is InChI=1S/C16H18N4O4.CH4/c1-24-13-6-4-12(5-7-13)15(16(21)18-8-2-3-9-18)19-10-14(17-11-19)20(22)23;/h4-7,10-11,15H,2-3,8-9H2,1H3;1H4. The van der Waals surface area contributed by atoms with Gasteiger partial charge in [0.05, 0.1) is 7.11 Å². The molecule has 0 aliphatic carbocycles. The fraction of sp³-hybridized carbons (Fsp3) is 0.412. The Labute approximate surface area is 146 Å². The van der Waals surface area contributed by atoms with Gasteiger partial charge < -0.3 is 19.8 Å². The summed E-state index contributed by atoms with van der Waals surface area (Å²) in [4.78, 5) is 28.9. The molecule has 0 saturated carbocycles. The van der Waals surface area contributed by atoms with Crippen molar-refractivity contribution in [3.63, 3.8) is 0 Å². The van der Waals surface area contributed by atoms with Gasteiger partial charge in [0.2, 0.25) is 12.2 Å². The van der Waals surface area contributed by atoms with Crippen molar-refractivity contribution in [1.29, 1.82) is 0 Å². The van der Waals surface area contributed by atoms with Crippen LogP contribution in [0.5, 0.6) is 5.75 Å². The Morgan fingerprint density at radius 1 is 1.28 bits per heavy atom. The van der Waals surface area contributed by atoms with E-state index in [4.69, 9.17) is 4.74 Å². The number of nitro groups is 1. The van der Waals surface area contributed by atoms with Crippen LogP contribution in [0.4, 0.5) is 5.82 Å². The highest BCUT2D eigenvalue weighted by atomic mass is 16.6. The topological polar surface area (TPSA) is 90.5 Å². The molecule has 1 saturated heterocycles. The lowest BCUT2D eigenvalue weighted by atomic mass is 10.1. The molecule has 1 fully saturated rings. The fourth-order valence-corrected chi connectivity index (χ4v) is 2.90. The first-order valence-corrected chi connectivity index (χ1v) is 7.71. The molecule has 0 N–H and O–H groups in total. The van der Waals surface area contributed by atoms with Crippen molar-refractivity contribution in [1.82, 2.24) is 14.5 Å². The number of carbonyl (C=O) groups is 1. The van der Waals surface area contributed by atoms with E-state index in [1.807, 2.05) is 0 Å². The molecule has 0 bridgehead atoms. The van der Waals surface area contributed by atoms with Crippen LogP contribution in [-0.2, 0) is 4.79 Å². The van der Waals surface area contributed by atoms with Gasteiger partial charge in [-0.1, -0.05) is 19.6 Å². The van der Waals surface area contributed by atoms with E-state index in [9.17, 15) is 14.9 Å². The van der Waals surface area contributed by atoms with Crippen LogP contribution in [-0.4, -0.2) is 45.5 Å². The monoisotopic (exact) mass is 346 g/mol. The van der Waals surface area contributed by atoms with Crippen molar-refractivity contribution in [2.24, 2.45) is 0 Å². The smallest absolute Gasteiger partial charge is 0.381 e. The molecule has 1 amide bonds. The first kappa shape index (κ1) is 18.4. The maximum atomic E-state index is 13.0. The average molecular weight is 346 g/mol. The van der Waals surface area contributed by atoms with E-state index in [0.29, 0.717) is 18.8 Å². The van der Waals surface area contributed by atoms with E-state index >= 15 is 0 Å². The second-order valence-corrected chi connectivity index (χ2v) is 5.64. The van der Waals surface area contributed by atoms with Gasteiger partial charge in [-0.3, -0.25) is 9.36 Å². The number of amides is 1. The molecule has 1 aromatic carbocycles. The first-order chi connectivity index (χ1) is 11.6. The predicted octanol–water partition coefficient (Wildman–Crippen LogP) is 2.65. The minimum absolute atomic E-state index is 0. The number of carbonyl (C=O) groups excluding carboxylic acids is 1. The lowest BCUT2D eigenvalue weighted by molar-refractivity contribution is -0.389. The van der Waals surface area contributed by atoms with E-state index in [1.165, 1.54) is 17.1 Å². The summed E-state index contributed by atoms with van der Waals surface area (Å²) in [6, 6.07) is 6.46. The molecule has 1 aromatic heterocycles. The lowest BCUT2D eigenvalue weighted by Gasteiger charge is -2.24. The second kappa shape index (κ2) is 7.78. The van der Waals surface area contributed by atoms with Gasteiger partial charge in [-0.25, -0.2) is 0 Å². The summed E-state index contributed by atoms with van der Waals surface area (Å²) in [6.07, 6.45) is 4.58. The number of methoxy groups -OCH3 is 1. The van der Waals surface area contributed by atoms with Crippen molar-refractivity contribution in [2.75, 3.05) is 20.2 Å². The third-order valence-electron chi connectivity index (χ3n) is 4.16. The number of ether oxygens (including phenoxy) is 1. The van der Waals surface area contributed by atoms with Crippen LogP contribution in [0.1, 0.15) is 31.9 Å². The molecule has 2 heterocycles. The zero-order valence-electron chi connectivity index (χ0n) is 13.3. The van der Waals surface area contributed by atoms with Crippen molar-refractivity contribution >= 4 is 11.7 Å². The summed E-state index contributed by atoms with van der Waals surface area (Å²) in [6.45, 7) is 1.42. The normalized spacial score (nSPS) is 14.7. The van der Waals surface area contributed by atoms with Gasteiger partial charge in [-0.05, 0) is 40.4 Å². The van der Waals surface area contributed by atoms with E-state index in [-0.39, 0.29) is 19.2 Å². The molecule has 1 aliphatic rings. The summed E-state index contributed by atoms with van der Waals surface area (Å²) in [5.74, 6) is 0.329. The molecular weight excluding hydrogens is 324 g/mol. The zero-order valence-corrected chi connectivity index (χ0v) is 13.3. The number of hydrogen-bond acceptors (Lipinski definition) is 5. The summed E-state index contributed by atoms with van der Waals surface area (Å²) in [5.41, 5.74) is 0.736. The summed E-state index contributed by atoms with van der Waals surface area (Å²) < 4.78 is 6.65. The Balaban J connectivity index is 0.00000225. The molecule has 0 spiro atoms. The molecule has 2 aromatic rings. The number of aromatic nitrogens is 2. The number of imidazole rings is 1. The molecule has 1 atom stereocenters. The highest BCUT2D eigenvalue weighted by molar-refractivity contribution is 5.84. The molecule has 1 unspecified atom stereocenters. The van der Waals surface area contributed by atoms with Crippen molar-refractivity contribution < 1.29 is 14.5 Å². The molecular formula is C17H22N4O4. The van der Waals surface area contributed by atoms with E-state index < -0.39 is 11.0 Å². The van der Waals surface area contributed by atoms with Crippen LogP contribution in [0.3, 0.4) is 0 Å². The van der Waals surface area contributed by atoms with Gasteiger partial charge in [0.25, 0.3) is 0 Å². The van der Waals surface area contributed by atoms with Gasteiger partial charge in [0.1, 0.15) is 18.0 Å². The summed E-state index contributed by atoms with van der Waals surface area (Å²) >= 11 is 0. The number of benzene rings is 1. The highest BCUT2D eigenvalue weighted by Crippen LogP contribution is 2.26. The summed E-state index contributed by atoms with van der Waals surface area (Å²) in [5, 5.41) is 10.9. The van der Waals surface area contributed by atoms with Gasteiger partial charge >= 0.3 is 5.82 Å². The van der Waals surface area contributed by atoms with Gasteiger partial charge in [0.15, 0.2) is 0 Å². The van der Waals surface area contributed by atoms with Crippen molar-refractivity contribution in [3.8, 4) is 5.75 Å². The largest absolute Gasteiger partial charge is 0.497 e. The molecule has 25 heavy (non-hydrogen) atoms. The highest BCUT2D eigenvalue weighted by Gasteiger charge is 2.30. The van der Waals surface area contributed by atoms with Gasteiger partial charge in [0, 0.05) is 13.1 Å². The summed E-state index contributed by atoms with van der Waals surface area (Å²) in [7, 11) is 1.57. The quantitative estimate of drug-likeness (QED) is 0.613. The van der Waals surface area contributed by atoms with Crippen LogP contribution in [0.25, 0.3) is 0 Å². The zero-order chi connectivity index (χ0) is 17.1. The fourth-order valence-electron chi connectivity index (χ4n) is 2.90. The van der Waals surface area contributed by atoms with Crippen molar-refractivity contribution in [2.45, 2.75) is 26.3 Å². The van der Waals surface area contributed by atoms with Crippen LogP contribution < -0.4 is 4.74 Å². The lowest BCUT2D eigenvalue weighted by Crippen LogP contribution is -2.35. The van der Waals surface area contributed by atoms with Crippen LogP contribution in [0, 0.1) is 10.1 Å². The Kier molecular flexibility index (Phi) is 5.74. The molecule has 134 valence electrons. The number of rotatable bonds is 5. The third-order valence-corrected chi connectivity index (χ3v) is 4.16. The number of nitrogens with zero attached hydrogens (tertiary/aromatic N) is 4. The van der Waals surface area contributed by atoms with Gasteiger partial charge in [-0.15, -0.1) is 0 Å². The number of hydrogen-bond donors (Lipinski definition) is 0. The first-order valence-electron chi connectivity index (χ1n) is 7.71. The van der Waals surface area contributed by atoms with E-state index in [2.05, 4.69) is 4.98 Å². The second-order valence-electron chi connectivity index (χ2n) is 5.64. The van der Waals surface area contributed by atoms with Gasteiger partial charge in [-0.2, -0.15) is 0 Å². The Hall–Kier alpha value is -2.90. The van der Waals surface area contributed by atoms with E-state index in [0.717, 1.165) is 18.4 Å². The maximum Gasteiger partial charge on any atom is 0.381 e.